The number of nitrogens with two attached hydrogens (primary N) is 1. The number of non-ortho nitro benzene ring substituents is 1. The molecule has 1 aliphatic carbocycles. The monoisotopic (exact) mass is 336 g/mol. The van der Waals surface area contributed by atoms with E-state index in [-0.39, 0.29) is 11.5 Å². The van der Waals surface area contributed by atoms with Crippen LogP contribution in [0.5, 0.6) is 0 Å². The molecule has 1 aromatic heterocycles. The lowest BCUT2D eigenvalue weighted by Gasteiger charge is -2.27. The number of nitrogen functional groups attached to an aromatic ring is 1. The summed E-state index contributed by atoms with van der Waals surface area (Å²) in [6, 6.07) is 8.49. The number of nitriles is 1. The molecule has 0 saturated carbocycles. The highest BCUT2D eigenvalue weighted by molar-refractivity contribution is 5.79. The normalized spacial score (nSPS) is 16.1. The van der Waals surface area contributed by atoms with Gasteiger partial charge < -0.3 is 5.73 Å². The molecule has 25 heavy (non-hydrogen) atoms. The van der Waals surface area contributed by atoms with Gasteiger partial charge in [0.25, 0.3) is 5.69 Å². The predicted octanol–water partition coefficient (Wildman–Crippen LogP) is 4.02. The standard InChI is InChI=1S/C19H20N4O2/c1-2-3-12-4-9-17-15(10-12)18(16(11-20)19(21)22-17)13-5-7-14(8-6-13)23(24)25/h5-8,12H,2-4,9-10H2,1H3,(H2,21,22). The van der Waals surface area contributed by atoms with Crippen molar-refractivity contribution >= 4 is 11.5 Å². The highest BCUT2D eigenvalue weighted by atomic mass is 16.6. The smallest absolute Gasteiger partial charge is 0.269 e. The van der Waals surface area contributed by atoms with Gasteiger partial charge >= 0.3 is 0 Å². The van der Waals surface area contributed by atoms with Gasteiger partial charge in [0.1, 0.15) is 17.5 Å². The van der Waals surface area contributed by atoms with Crippen LogP contribution in [0.15, 0.2) is 24.3 Å². The van der Waals surface area contributed by atoms with Crippen LogP contribution in [-0.4, -0.2) is 9.91 Å². The summed E-state index contributed by atoms with van der Waals surface area (Å²) < 4.78 is 0. The Bertz CT molecular complexity index is 853. The number of anilines is 1. The van der Waals surface area contributed by atoms with Gasteiger partial charge in [-0.05, 0) is 48.4 Å². The second-order valence-corrected chi connectivity index (χ2v) is 6.49. The Hall–Kier alpha value is -2.94. The van der Waals surface area contributed by atoms with Gasteiger partial charge in [-0.1, -0.05) is 19.8 Å². The van der Waals surface area contributed by atoms with Gasteiger partial charge in [0.15, 0.2) is 0 Å². The molecule has 0 amide bonds. The molecule has 6 nitrogen and oxygen atoms in total. The second-order valence-electron chi connectivity index (χ2n) is 6.49. The number of hydrogen-bond acceptors (Lipinski definition) is 5. The number of pyridine rings is 1. The maximum absolute atomic E-state index is 10.9. The number of hydrogen-bond donors (Lipinski definition) is 1. The van der Waals surface area contributed by atoms with Gasteiger partial charge in [-0.3, -0.25) is 10.1 Å². The molecular weight excluding hydrogens is 316 g/mol. The number of fused-ring (bicyclic) bond motifs is 1. The zero-order valence-electron chi connectivity index (χ0n) is 14.2. The van der Waals surface area contributed by atoms with Crippen LogP contribution < -0.4 is 5.73 Å². The van der Waals surface area contributed by atoms with E-state index in [1.807, 2.05) is 0 Å². The third-order valence-corrected chi connectivity index (χ3v) is 4.87. The van der Waals surface area contributed by atoms with Crippen molar-refractivity contribution in [1.29, 1.82) is 5.26 Å². The van der Waals surface area contributed by atoms with E-state index >= 15 is 0 Å². The summed E-state index contributed by atoms with van der Waals surface area (Å²) in [5.74, 6) is 0.815. The Morgan fingerprint density at radius 3 is 2.72 bits per heavy atom. The van der Waals surface area contributed by atoms with Crippen LogP contribution in [0.2, 0.25) is 0 Å². The predicted molar refractivity (Wildman–Crippen MR) is 95.9 cm³/mol. The van der Waals surface area contributed by atoms with Gasteiger partial charge in [0.2, 0.25) is 0 Å². The van der Waals surface area contributed by atoms with Crippen molar-refractivity contribution in [2.75, 3.05) is 5.73 Å². The van der Waals surface area contributed by atoms with E-state index in [2.05, 4.69) is 18.0 Å². The molecule has 0 saturated heterocycles. The molecule has 3 rings (SSSR count). The van der Waals surface area contributed by atoms with E-state index in [9.17, 15) is 15.4 Å². The first kappa shape index (κ1) is 16.9. The Balaban J connectivity index is 2.15. The molecule has 1 atom stereocenters. The molecule has 0 aliphatic heterocycles. The van der Waals surface area contributed by atoms with Gasteiger partial charge in [-0.15, -0.1) is 0 Å². The topological polar surface area (TPSA) is 106 Å². The average Bonchev–Trinajstić information content (AvgIpc) is 2.61. The van der Waals surface area contributed by atoms with E-state index in [1.165, 1.54) is 12.1 Å². The van der Waals surface area contributed by atoms with Crippen LogP contribution in [0, 0.1) is 27.4 Å². The minimum absolute atomic E-state index is 0.0296. The van der Waals surface area contributed by atoms with Crippen LogP contribution in [0.25, 0.3) is 11.1 Å². The first-order valence-electron chi connectivity index (χ1n) is 8.51. The minimum Gasteiger partial charge on any atom is -0.383 e. The quantitative estimate of drug-likeness (QED) is 0.670. The van der Waals surface area contributed by atoms with E-state index in [0.717, 1.165) is 54.5 Å². The first-order valence-corrected chi connectivity index (χ1v) is 8.51. The van der Waals surface area contributed by atoms with Crippen molar-refractivity contribution in [3.8, 4) is 17.2 Å². The summed E-state index contributed by atoms with van der Waals surface area (Å²) in [5.41, 5.74) is 10.0. The number of nitro benzene ring substituents is 1. The largest absolute Gasteiger partial charge is 0.383 e. The van der Waals surface area contributed by atoms with Gasteiger partial charge in [0, 0.05) is 23.4 Å². The Morgan fingerprint density at radius 2 is 2.12 bits per heavy atom. The van der Waals surface area contributed by atoms with Crippen molar-refractivity contribution in [3.05, 3.63) is 51.2 Å². The molecule has 6 heteroatoms. The molecule has 128 valence electrons. The molecule has 0 bridgehead atoms. The summed E-state index contributed by atoms with van der Waals surface area (Å²) in [5, 5.41) is 20.5. The summed E-state index contributed by atoms with van der Waals surface area (Å²) in [7, 11) is 0. The fourth-order valence-corrected chi connectivity index (χ4v) is 3.69. The molecule has 2 aromatic rings. The summed E-state index contributed by atoms with van der Waals surface area (Å²) >= 11 is 0. The number of aromatic nitrogens is 1. The molecule has 1 unspecified atom stereocenters. The summed E-state index contributed by atoms with van der Waals surface area (Å²) in [6.07, 6.45) is 5.08. The van der Waals surface area contributed by atoms with Crippen LogP contribution in [0.4, 0.5) is 11.5 Å². The molecule has 0 spiro atoms. The van der Waals surface area contributed by atoms with Gasteiger partial charge in [-0.2, -0.15) is 5.26 Å². The molecule has 1 aliphatic rings. The van der Waals surface area contributed by atoms with E-state index in [0.29, 0.717) is 11.5 Å². The maximum Gasteiger partial charge on any atom is 0.269 e. The fourth-order valence-electron chi connectivity index (χ4n) is 3.69. The zero-order chi connectivity index (χ0) is 18.0. The third kappa shape index (κ3) is 3.18. The van der Waals surface area contributed by atoms with E-state index in [4.69, 9.17) is 5.73 Å². The highest BCUT2D eigenvalue weighted by Crippen LogP contribution is 2.38. The van der Waals surface area contributed by atoms with Crippen molar-refractivity contribution < 1.29 is 4.92 Å². The number of benzene rings is 1. The van der Waals surface area contributed by atoms with Crippen molar-refractivity contribution in [2.24, 2.45) is 5.92 Å². The average molecular weight is 336 g/mol. The van der Waals surface area contributed by atoms with Gasteiger partial charge in [-0.25, -0.2) is 4.98 Å². The van der Waals surface area contributed by atoms with Crippen LogP contribution >= 0.6 is 0 Å². The number of rotatable bonds is 4. The Morgan fingerprint density at radius 1 is 1.40 bits per heavy atom. The van der Waals surface area contributed by atoms with Crippen molar-refractivity contribution in [2.45, 2.75) is 39.0 Å². The summed E-state index contributed by atoms with van der Waals surface area (Å²) in [6.45, 7) is 2.18. The van der Waals surface area contributed by atoms with E-state index < -0.39 is 4.92 Å². The number of nitrogens with zero attached hydrogens (tertiary/aromatic N) is 3. The first-order chi connectivity index (χ1) is 12.0. The van der Waals surface area contributed by atoms with Crippen LogP contribution in [0.3, 0.4) is 0 Å². The molecular formula is C19H20N4O2. The lowest BCUT2D eigenvalue weighted by atomic mass is 9.79. The molecule has 1 heterocycles. The van der Waals surface area contributed by atoms with Crippen molar-refractivity contribution in [1.82, 2.24) is 4.98 Å². The molecule has 2 N–H and O–H groups in total. The zero-order valence-corrected chi connectivity index (χ0v) is 14.2. The number of aryl methyl sites for hydroxylation is 1. The van der Waals surface area contributed by atoms with E-state index in [1.54, 1.807) is 12.1 Å². The van der Waals surface area contributed by atoms with Gasteiger partial charge in [0.05, 0.1) is 4.92 Å². The maximum atomic E-state index is 10.9. The molecule has 1 aromatic carbocycles. The highest BCUT2D eigenvalue weighted by Gasteiger charge is 2.26. The SMILES string of the molecule is CCCC1CCc2nc(N)c(C#N)c(-c3ccc([N+](=O)[O-])cc3)c2C1. The Labute approximate surface area is 146 Å². The van der Waals surface area contributed by atoms with Crippen molar-refractivity contribution in [3.63, 3.8) is 0 Å². The number of nitro groups is 1. The second kappa shape index (κ2) is 6.89. The Kier molecular flexibility index (Phi) is 4.66. The third-order valence-electron chi connectivity index (χ3n) is 4.87. The van der Waals surface area contributed by atoms with Crippen LogP contribution in [-0.2, 0) is 12.8 Å². The lowest BCUT2D eigenvalue weighted by molar-refractivity contribution is -0.384. The van der Waals surface area contributed by atoms with Crippen LogP contribution in [0.1, 0.15) is 43.0 Å². The molecule has 0 radical (unpaired) electrons. The minimum atomic E-state index is -0.428. The molecule has 0 fully saturated rings. The summed E-state index contributed by atoms with van der Waals surface area (Å²) in [4.78, 5) is 14.9. The fraction of sp³-hybridized carbons (Fsp3) is 0.368. The lowest BCUT2D eigenvalue weighted by Crippen LogP contribution is -2.18.